The van der Waals surface area contributed by atoms with Crippen LogP contribution in [0.15, 0.2) is 114 Å². The summed E-state index contributed by atoms with van der Waals surface area (Å²) in [5.41, 5.74) is 6.06. The van der Waals surface area contributed by atoms with Gasteiger partial charge in [0, 0.05) is 22.9 Å². The van der Waals surface area contributed by atoms with Gasteiger partial charge in [0.25, 0.3) is 11.8 Å². The molecule has 2 N–H and O–H groups in total. The summed E-state index contributed by atoms with van der Waals surface area (Å²) in [6.07, 6.45) is 5.09. The number of ether oxygens (including phenoxy) is 1. The lowest BCUT2D eigenvalue weighted by molar-refractivity contribution is -0.139. The Kier molecular flexibility index (Phi) is 8.01. The number of aromatic hydroxyl groups is 1. The molecule has 1 saturated carbocycles. The fourth-order valence-corrected chi connectivity index (χ4v) is 9.73. The number of carbonyl (C=O) groups is 4. The molecule has 0 spiro atoms. The number of carbonyl (C=O) groups excluding carboxylic acids is 4. The van der Waals surface area contributed by atoms with E-state index in [1.54, 1.807) is 54.8 Å². The molecule has 3 fully saturated rings. The van der Waals surface area contributed by atoms with Crippen molar-refractivity contribution in [2.45, 2.75) is 38.0 Å². The third-order valence-electron chi connectivity index (χ3n) is 12.0. The molecule has 2 saturated heterocycles. The first-order valence-corrected chi connectivity index (χ1v) is 18.5. The number of benzene rings is 4. The van der Waals surface area contributed by atoms with E-state index in [0.717, 1.165) is 22.6 Å². The number of aryl methyl sites for hydroxylation is 1. The van der Waals surface area contributed by atoms with Crippen LogP contribution in [0.3, 0.4) is 0 Å². The van der Waals surface area contributed by atoms with Gasteiger partial charge in [-0.05, 0) is 109 Å². The Hall–Kier alpha value is -5.74. The largest absolute Gasteiger partial charge is 0.508 e. The summed E-state index contributed by atoms with van der Waals surface area (Å²) < 4.78 is 20.1. The SMILES string of the molecule is CCc1ccc(N2C(=O)[C@H]3[C@H](CC=C4[C@H](C5=COc6ccc(O)cc6C5)[C@]5(c6ccc(Cl)cc6)C(=O)N(Nc6ccc(F)cc6)C(=O)[C@@H]5C[C@H]43)C2=O)cc1. The Balaban J connectivity index is 1.22. The van der Waals surface area contributed by atoms with E-state index in [4.69, 9.17) is 16.3 Å². The van der Waals surface area contributed by atoms with Crippen molar-refractivity contribution in [3.8, 4) is 11.5 Å². The predicted octanol–water partition coefficient (Wildman–Crippen LogP) is 7.29. The lowest BCUT2D eigenvalue weighted by Crippen LogP contribution is -2.55. The Morgan fingerprint density at radius 2 is 1.65 bits per heavy atom. The maximum atomic E-state index is 15.4. The van der Waals surface area contributed by atoms with Gasteiger partial charge in [-0.2, -0.15) is 5.01 Å². The topological polar surface area (TPSA) is 116 Å². The summed E-state index contributed by atoms with van der Waals surface area (Å²) in [4.78, 5) is 60.2. The highest BCUT2D eigenvalue weighted by atomic mass is 35.5. The van der Waals surface area contributed by atoms with Crippen molar-refractivity contribution in [2.75, 3.05) is 10.3 Å². The van der Waals surface area contributed by atoms with Crippen LogP contribution in [0.2, 0.25) is 5.02 Å². The van der Waals surface area contributed by atoms with Gasteiger partial charge in [-0.25, -0.2) is 4.39 Å². The summed E-state index contributed by atoms with van der Waals surface area (Å²) in [6.45, 7) is 2.03. The third kappa shape index (κ3) is 5.03. The van der Waals surface area contributed by atoms with Crippen LogP contribution in [0.25, 0.3) is 0 Å². The number of imide groups is 2. The first-order chi connectivity index (χ1) is 26.1. The summed E-state index contributed by atoms with van der Waals surface area (Å²) >= 11 is 6.40. The van der Waals surface area contributed by atoms with Crippen molar-refractivity contribution in [1.82, 2.24) is 5.01 Å². The summed E-state index contributed by atoms with van der Waals surface area (Å²) in [6, 6.07) is 24.5. The fourth-order valence-electron chi connectivity index (χ4n) is 9.61. The van der Waals surface area contributed by atoms with Gasteiger partial charge in [0.2, 0.25) is 11.8 Å². The van der Waals surface area contributed by atoms with Gasteiger partial charge in [-0.15, -0.1) is 0 Å². The van der Waals surface area contributed by atoms with Gasteiger partial charge in [0.05, 0.1) is 40.8 Å². The monoisotopic (exact) mass is 743 g/mol. The maximum absolute atomic E-state index is 15.4. The van der Waals surface area contributed by atoms with Gasteiger partial charge in [0.15, 0.2) is 0 Å². The number of anilines is 2. The minimum atomic E-state index is -1.53. The second-order valence-electron chi connectivity index (χ2n) is 14.7. The molecule has 4 aromatic rings. The molecule has 11 heteroatoms. The number of hydrogen-bond donors (Lipinski definition) is 2. The molecule has 2 aliphatic carbocycles. The predicted molar refractivity (Wildman–Crippen MR) is 199 cm³/mol. The second-order valence-corrected chi connectivity index (χ2v) is 15.1. The zero-order valence-electron chi connectivity index (χ0n) is 29.2. The van der Waals surface area contributed by atoms with Crippen LogP contribution in [-0.4, -0.2) is 33.7 Å². The normalized spacial score (nSPS) is 27.1. The first kappa shape index (κ1) is 34.1. The molecule has 272 valence electrons. The van der Waals surface area contributed by atoms with Crippen LogP contribution in [0.1, 0.15) is 36.5 Å². The molecular formula is C43H35ClFN3O6. The van der Waals surface area contributed by atoms with Crippen LogP contribution < -0.4 is 15.1 Å². The van der Waals surface area contributed by atoms with Gasteiger partial charge in [-0.3, -0.25) is 29.5 Å². The van der Waals surface area contributed by atoms with E-state index in [1.807, 2.05) is 25.1 Å². The molecule has 0 radical (unpaired) electrons. The van der Waals surface area contributed by atoms with Gasteiger partial charge >= 0.3 is 0 Å². The van der Waals surface area contributed by atoms with Crippen molar-refractivity contribution in [1.29, 1.82) is 0 Å². The molecule has 9 rings (SSSR count). The highest BCUT2D eigenvalue weighted by Crippen LogP contribution is 2.63. The van der Waals surface area contributed by atoms with Crippen LogP contribution in [0, 0.1) is 35.4 Å². The van der Waals surface area contributed by atoms with Crippen molar-refractivity contribution in [3.05, 3.63) is 142 Å². The molecule has 0 unspecified atom stereocenters. The van der Waals surface area contributed by atoms with Crippen molar-refractivity contribution >= 4 is 46.6 Å². The molecule has 3 heterocycles. The third-order valence-corrected chi connectivity index (χ3v) is 12.3. The first-order valence-electron chi connectivity index (χ1n) is 18.1. The van der Waals surface area contributed by atoms with E-state index < -0.39 is 52.6 Å². The average Bonchev–Trinajstić information content (AvgIpc) is 3.56. The number of rotatable bonds is 6. The molecule has 4 aromatic carbocycles. The highest BCUT2D eigenvalue weighted by Gasteiger charge is 2.70. The maximum Gasteiger partial charge on any atom is 0.260 e. The molecule has 9 nitrogen and oxygen atoms in total. The van der Waals surface area contributed by atoms with Crippen molar-refractivity contribution in [3.63, 3.8) is 0 Å². The van der Waals surface area contributed by atoms with Crippen molar-refractivity contribution in [2.24, 2.45) is 29.6 Å². The van der Waals surface area contributed by atoms with Crippen LogP contribution in [-0.2, 0) is 37.4 Å². The van der Waals surface area contributed by atoms with E-state index >= 15 is 4.79 Å². The summed E-state index contributed by atoms with van der Waals surface area (Å²) in [5, 5.41) is 11.9. The number of phenols is 1. The number of nitrogens with zero attached hydrogens (tertiary/aromatic N) is 2. The van der Waals surface area contributed by atoms with E-state index in [0.29, 0.717) is 38.8 Å². The van der Waals surface area contributed by atoms with E-state index in [2.05, 4.69) is 5.43 Å². The fraction of sp³-hybridized carbons (Fsp3) is 0.256. The standard InChI is InChI=1S/C43H35ClFN3O6/c1-2-23-3-13-30(14-4-23)47-39(50)33-17-16-32-34(37(33)41(47)52)21-35-40(51)48(46-29-11-9-28(45)10-12-29)42(53)43(35,26-5-7-27(44)8-6-26)38(32)25-19-24-20-31(49)15-18-36(24)54-22-25/h3-16,18,20,22,33-35,37-38,46,49H,2,17,19,21H2,1H3/t33-,34+,35-,37-,38-,43+/m0/s1. The number of allylic oxidation sites excluding steroid dienone is 3. The molecule has 6 atom stereocenters. The lowest BCUT2D eigenvalue weighted by atomic mass is 9.48. The minimum Gasteiger partial charge on any atom is -0.508 e. The Labute approximate surface area is 315 Å². The Bertz CT molecular complexity index is 2310. The number of hydrazine groups is 1. The van der Waals surface area contributed by atoms with E-state index in [-0.39, 0.29) is 36.8 Å². The van der Waals surface area contributed by atoms with Crippen LogP contribution in [0.4, 0.5) is 15.8 Å². The van der Waals surface area contributed by atoms with Gasteiger partial charge in [0.1, 0.15) is 17.3 Å². The number of phenolic OH excluding ortho intramolecular Hbond substituents is 1. The molecule has 4 amide bonds. The molecule has 3 aliphatic heterocycles. The Morgan fingerprint density at radius 3 is 2.37 bits per heavy atom. The van der Waals surface area contributed by atoms with Crippen molar-refractivity contribution < 1.29 is 33.4 Å². The molecule has 5 aliphatic rings. The molecule has 0 aromatic heterocycles. The summed E-state index contributed by atoms with van der Waals surface area (Å²) in [7, 11) is 0. The zero-order valence-corrected chi connectivity index (χ0v) is 29.9. The zero-order chi connectivity index (χ0) is 37.5. The molecule has 54 heavy (non-hydrogen) atoms. The van der Waals surface area contributed by atoms with Gasteiger partial charge in [-0.1, -0.05) is 54.4 Å². The number of fused-ring (bicyclic) bond motifs is 5. The molecule has 0 bridgehead atoms. The quantitative estimate of drug-likeness (QED) is 0.158. The number of amides is 4. The number of hydrogen-bond acceptors (Lipinski definition) is 7. The summed E-state index contributed by atoms with van der Waals surface area (Å²) in [5.74, 6) is -5.28. The van der Waals surface area contributed by atoms with E-state index in [1.165, 1.54) is 35.2 Å². The Morgan fingerprint density at radius 1 is 0.907 bits per heavy atom. The second kappa shape index (κ2) is 12.7. The van der Waals surface area contributed by atoms with Gasteiger partial charge < -0.3 is 9.84 Å². The van der Waals surface area contributed by atoms with Crippen LogP contribution in [0.5, 0.6) is 11.5 Å². The highest BCUT2D eigenvalue weighted by molar-refractivity contribution is 6.30. The smallest absolute Gasteiger partial charge is 0.260 e. The van der Waals surface area contributed by atoms with E-state index in [9.17, 15) is 23.9 Å². The van der Waals surface area contributed by atoms with Crippen LogP contribution >= 0.6 is 11.6 Å². The average molecular weight is 744 g/mol. The minimum absolute atomic E-state index is 0.0501. The molecular weight excluding hydrogens is 709 g/mol. The lowest BCUT2D eigenvalue weighted by Gasteiger charge is -2.51. The number of halogens is 2. The number of nitrogens with one attached hydrogen (secondary N) is 1.